The molecule has 1 aromatic rings. The first-order valence-corrected chi connectivity index (χ1v) is 4.77. The molecule has 72 valence electrons. The van der Waals surface area contributed by atoms with Crippen molar-refractivity contribution in [2.45, 2.75) is 30.4 Å². The maximum Gasteiger partial charge on any atom is 0.102 e. The molecule has 2 nitrogen and oxygen atoms in total. The van der Waals surface area contributed by atoms with Gasteiger partial charge in [0.15, 0.2) is 0 Å². The van der Waals surface area contributed by atoms with Gasteiger partial charge < -0.3 is 10.8 Å². The van der Waals surface area contributed by atoms with Crippen LogP contribution in [-0.4, -0.2) is 11.3 Å². The van der Waals surface area contributed by atoms with Gasteiger partial charge >= 0.3 is 0 Å². The summed E-state index contributed by atoms with van der Waals surface area (Å²) in [6.07, 6.45) is -0.142. The molecule has 0 aliphatic rings. The molecule has 3 heteroatoms. The lowest BCUT2D eigenvalue weighted by molar-refractivity contribution is 0.164. The zero-order valence-electron chi connectivity index (χ0n) is 7.64. The van der Waals surface area contributed by atoms with E-state index in [2.05, 4.69) is 12.6 Å². The van der Waals surface area contributed by atoms with Crippen LogP contribution in [-0.2, 0) is 0 Å². The van der Waals surface area contributed by atoms with Gasteiger partial charge in [0.2, 0.25) is 0 Å². The summed E-state index contributed by atoms with van der Waals surface area (Å²) < 4.78 is 0. The van der Waals surface area contributed by atoms with E-state index in [1.54, 1.807) is 0 Å². The number of aliphatic hydroxyl groups excluding tert-OH is 1. The predicted molar refractivity (Wildman–Crippen MR) is 56.9 cm³/mol. The molecule has 13 heavy (non-hydrogen) atoms. The fourth-order valence-electron chi connectivity index (χ4n) is 1.30. The van der Waals surface area contributed by atoms with Crippen LogP contribution in [0.3, 0.4) is 0 Å². The first-order chi connectivity index (χ1) is 6.09. The second-order valence-electron chi connectivity index (χ2n) is 3.30. The van der Waals surface area contributed by atoms with Gasteiger partial charge in [-0.15, -0.1) is 12.6 Å². The number of aliphatic hydroxyl groups is 1. The normalized spacial score (nSPS) is 15.4. The standard InChI is InChI=1S/C10H15NOS/c1-7(6-10(11)12)8-2-4-9(13)5-3-8/h2-5,7,10,12-13H,6,11H2,1H3. The van der Waals surface area contributed by atoms with Crippen LogP contribution in [0, 0.1) is 0 Å². The highest BCUT2D eigenvalue weighted by molar-refractivity contribution is 7.80. The Labute approximate surface area is 84.2 Å². The van der Waals surface area contributed by atoms with E-state index in [0.717, 1.165) is 4.90 Å². The minimum absolute atomic E-state index is 0.286. The van der Waals surface area contributed by atoms with Crippen LogP contribution in [0.1, 0.15) is 24.8 Å². The van der Waals surface area contributed by atoms with Crippen molar-refractivity contribution >= 4 is 12.6 Å². The SMILES string of the molecule is CC(CC(N)O)c1ccc(S)cc1. The van der Waals surface area contributed by atoms with E-state index in [1.807, 2.05) is 31.2 Å². The van der Waals surface area contributed by atoms with Crippen LogP contribution >= 0.6 is 12.6 Å². The molecule has 0 aliphatic carbocycles. The molecule has 0 bridgehead atoms. The molecule has 0 saturated carbocycles. The Morgan fingerprint density at radius 1 is 1.38 bits per heavy atom. The summed E-state index contributed by atoms with van der Waals surface area (Å²) in [4.78, 5) is 0.948. The summed E-state index contributed by atoms with van der Waals surface area (Å²) in [5.74, 6) is 0.286. The third kappa shape index (κ3) is 3.38. The fraction of sp³-hybridized carbons (Fsp3) is 0.400. The van der Waals surface area contributed by atoms with E-state index < -0.39 is 6.23 Å². The Morgan fingerprint density at radius 3 is 2.38 bits per heavy atom. The lowest BCUT2D eigenvalue weighted by atomic mass is 9.97. The van der Waals surface area contributed by atoms with Crippen molar-refractivity contribution in [3.8, 4) is 0 Å². The van der Waals surface area contributed by atoms with Gasteiger partial charge in [0.1, 0.15) is 6.23 Å². The smallest absolute Gasteiger partial charge is 0.102 e. The first-order valence-electron chi connectivity index (χ1n) is 4.32. The molecule has 1 rings (SSSR count). The Kier molecular flexibility index (Phi) is 3.78. The van der Waals surface area contributed by atoms with Gasteiger partial charge in [0.25, 0.3) is 0 Å². The van der Waals surface area contributed by atoms with Crippen molar-refractivity contribution in [3.63, 3.8) is 0 Å². The minimum Gasteiger partial charge on any atom is -0.379 e. The monoisotopic (exact) mass is 197 g/mol. The van der Waals surface area contributed by atoms with Crippen molar-refractivity contribution in [1.82, 2.24) is 0 Å². The molecule has 0 saturated heterocycles. The number of hydrogen-bond donors (Lipinski definition) is 3. The molecular weight excluding hydrogens is 182 g/mol. The second-order valence-corrected chi connectivity index (χ2v) is 3.81. The van der Waals surface area contributed by atoms with Crippen molar-refractivity contribution in [2.75, 3.05) is 0 Å². The predicted octanol–water partition coefficient (Wildman–Crippen LogP) is 1.75. The molecule has 0 radical (unpaired) electrons. The average Bonchev–Trinajstić information content (AvgIpc) is 2.04. The van der Waals surface area contributed by atoms with Gasteiger partial charge in [-0.05, 0) is 30.0 Å². The van der Waals surface area contributed by atoms with Crippen LogP contribution in [0.4, 0.5) is 0 Å². The van der Waals surface area contributed by atoms with Crippen LogP contribution < -0.4 is 5.73 Å². The number of benzene rings is 1. The Balaban J connectivity index is 2.66. The summed E-state index contributed by atoms with van der Waals surface area (Å²) in [7, 11) is 0. The van der Waals surface area contributed by atoms with Crippen molar-refractivity contribution in [1.29, 1.82) is 0 Å². The van der Waals surface area contributed by atoms with Crippen molar-refractivity contribution in [2.24, 2.45) is 5.73 Å². The highest BCUT2D eigenvalue weighted by atomic mass is 32.1. The average molecular weight is 197 g/mol. The highest BCUT2D eigenvalue weighted by Crippen LogP contribution is 2.20. The van der Waals surface area contributed by atoms with Gasteiger partial charge in [-0.2, -0.15) is 0 Å². The fourth-order valence-corrected chi connectivity index (χ4v) is 1.45. The molecule has 1 aromatic carbocycles. The first kappa shape index (κ1) is 10.6. The van der Waals surface area contributed by atoms with E-state index in [9.17, 15) is 0 Å². The summed E-state index contributed by atoms with van der Waals surface area (Å²) in [6, 6.07) is 7.90. The highest BCUT2D eigenvalue weighted by Gasteiger charge is 2.08. The molecule has 0 heterocycles. The molecule has 3 N–H and O–H groups in total. The Bertz CT molecular complexity index is 258. The third-order valence-electron chi connectivity index (χ3n) is 2.06. The van der Waals surface area contributed by atoms with E-state index in [4.69, 9.17) is 10.8 Å². The quantitative estimate of drug-likeness (QED) is 0.510. The maximum absolute atomic E-state index is 9.00. The molecular formula is C10H15NOS. The zero-order valence-corrected chi connectivity index (χ0v) is 8.54. The molecule has 0 aromatic heterocycles. The van der Waals surface area contributed by atoms with E-state index in [-0.39, 0.29) is 5.92 Å². The van der Waals surface area contributed by atoms with E-state index >= 15 is 0 Å². The van der Waals surface area contributed by atoms with Crippen LogP contribution in [0.5, 0.6) is 0 Å². The summed E-state index contributed by atoms with van der Waals surface area (Å²) >= 11 is 4.20. The molecule has 2 atom stereocenters. The number of nitrogens with two attached hydrogens (primary N) is 1. The Hall–Kier alpha value is -0.510. The molecule has 0 spiro atoms. The van der Waals surface area contributed by atoms with Crippen LogP contribution in [0.25, 0.3) is 0 Å². The number of hydrogen-bond acceptors (Lipinski definition) is 3. The van der Waals surface area contributed by atoms with Gasteiger partial charge in [-0.25, -0.2) is 0 Å². The largest absolute Gasteiger partial charge is 0.379 e. The minimum atomic E-state index is -0.731. The summed E-state index contributed by atoms with van der Waals surface area (Å²) in [5.41, 5.74) is 6.48. The number of thiol groups is 1. The van der Waals surface area contributed by atoms with E-state index in [1.165, 1.54) is 5.56 Å². The third-order valence-corrected chi connectivity index (χ3v) is 2.36. The Morgan fingerprint density at radius 2 is 1.92 bits per heavy atom. The van der Waals surface area contributed by atoms with Crippen molar-refractivity contribution in [3.05, 3.63) is 29.8 Å². The van der Waals surface area contributed by atoms with Gasteiger partial charge in [0, 0.05) is 4.90 Å². The number of rotatable bonds is 3. The molecule has 0 aliphatic heterocycles. The van der Waals surface area contributed by atoms with E-state index in [0.29, 0.717) is 6.42 Å². The van der Waals surface area contributed by atoms with Crippen LogP contribution in [0.15, 0.2) is 29.2 Å². The van der Waals surface area contributed by atoms with Crippen LogP contribution in [0.2, 0.25) is 0 Å². The molecule has 0 fully saturated rings. The van der Waals surface area contributed by atoms with Crippen molar-refractivity contribution < 1.29 is 5.11 Å². The molecule has 2 unspecified atom stereocenters. The van der Waals surface area contributed by atoms with Gasteiger partial charge in [-0.1, -0.05) is 19.1 Å². The zero-order chi connectivity index (χ0) is 9.84. The van der Waals surface area contributed by atoms with Gasteiger partial charge in [-0.3, -0.25) is 0 Å². The lowest BCUT2D eigenvalue weighted by Crippen LogP contribution is -2.20. The summed E-state index contributed by atoms with van der Waals surface area (Å²) in [5, 5.41) is 9.00. The topological polar surface area (TPSA) is 46.2 Å². The molecule has 0 amide bonds. The lowest BCUT2D eigenvalue weighted by Gasteiger charge is -2.13. The summed E-state index contributed by atoms with van der Waals surface area (Å²) in [6.45, 7) is 2.05. The van der Waals surface area contributed by atoms with Gasteiger partial charge in [0.05, 0.1) is 0 Å². The maximum atomic E-state index is 9.00. The second kappa shape index (κ2) is 4.65.